The monoisotopic (exact) mass is 619 g/mol. The van der Waals surface area contributed by atoms with Gasteiger partial charge in [0.25, 0.3) is 0 Å². The summed E-state index contributed by atoms with van der Waals surface area (Å²) in [5.74, 6) is 0.962. The molecule has 230 valence electrons. The van der Waals surface area contributed by atoms with Gasteiger partial charge in [0.05, 0.1) is 28.7 Å². The maximum atomic E-state index is 5.36. The first-order valence-corrected chi connectivity index (χ1v) is 16.6. The van der Waals surface area contributed by atoms with Crippen molar-refractivity contribution in [2.24, 2.45) is 7.05 Å². The van der Waals surface area contributed by atoms with Crippen LogP contribution in [0.2, 0.25) is 0 Å². The second-order valence-electron chi connectivity index (χ2n) is 13.1. The van der Waals surface area contributed by atoms with Gasteiger partial charge in [-0.15, -0.1) is 0 Å². The molecular formula is C43H33N5. The summed E-state index contributed by atoms with van der Waals surface area (Å²) in [4.78, 5) is 9.83. The van der Waals surface area contributed by atoms with Gasteiger partial charge in [0.15, 0.2) is 0 Å². The summed E-state index contributed by atoms with van der Waals surface area (Å²) in [6, 6.07) is 46.6. The Balaban J connectivity index is 1.11. The van der Waals surface area contributed by atoms with Gasteiger partial charge in [-0.1, -0.05) is 91.0 Å². The molecule has 0 spiro atoms. The topological polar surface area (TPSA) is 29.2 Å². The molecule has 0 unspecified atom stereocenters. The molecule has 0 atom stereocenters. The second kappa shape index (κ2) is 10.2. The fraction of sp³-hybridized carbons (Fsp3) is 0.0930. The molecule has 6 aromatic carbocycles. The first-order chi connectivity index (χ1) is 23.6. The number of aryl methyl sites for hydroxylation is 1. The molecule has 48 heavy (non-hydrogen) atoms. The lowest BCUT2D eigenvalue weighted by Crippen LogP contribution is -2.21. The van der Waals surface area contributed by atoms with Crippen LogP contribution in [-0.4, -0.2) is 32.7 Å². The van der Waals surface area contributed by atoms with Crippen molar-refractivity contribution in [3.63, 3.8) is 0 Å². The van der Waals surface area contributed by atoms with E-state index in [1.165, 1.54) is 60.9 Å². The summed E-state index contributed by atoms with van der Waals surface area (Å²) in [6.07, 6.45) is 5.24. The van der Waals surface area contributed by atoms with Crippen molar-refractivity contribution in [2.75, 3.05) is 18.6 Å². The van der Waals surface area contributed by atoms with E-state index in [0.29, 0.717) is 0 Å². The number of nitrogens with zero attached hydrogens (tertiary/aromatic N) is 5. The quantitative estimate of drug-likeness (QED) is 0.196. The normalized spacial score (nSPS) is 13.7. The largest absolute Gasteiger partial charge is 0.361 e. The summed E-state index contributed by atoms with van der Waals surface area (Å²) in [5, 5.41) is 2.48. The predicted molar refractivity (Wildman–Crippen MR) is 198 cm³/mol. The van der Waals surface area contributed by atoms with E-state index in [-0.39, 0.29) is 0 Å². The minimum atomic E-state index is 0.842. The zero-order valence-corrected chi connectivity index (χ0v) is 26.9. The van der Waals surface area contributed by atoms with Gasteiger partial charge in [0, 0.05) is 59.8 Å². The fourth-order valence-corrected chi connectivity index (χ4v) is 7.91. The van der Waals surface area contributed by atoms with E-state index in [9.17, 15) is 0 Å². The van der Waals surface area contributed by atoms with Crippen molar-refractivity contribution >= 4 is 38.5 Å². The molecular weight excluding hydrogens is 587 g/mol. The predicted octanol–water partition coefficient (Wildman–Crippen LogP) is 9.76. The molecule has 0 N–H and O–H groups in total. The molecule has 2 aliphatic rings. The molecule has 0 saturated carbocycles. The molecule has 0 saturated heterocycles. The molecule has 5 heteroatoms. The Hall–Kier alpha value is -6.07. The van der Waals surface area contributed by atoms with Gasteiger partial charge < -0.3 is 18.9 Å². The van der Waals surface area contributed by atoms with Crippen molar-refractivity contribution in [1.82, 2.24) is 19.0 Å². The van der Waals surface area contributed by atoms with Crippen LogP contribution in [0, 0.1) is 0 Å². The Bertz CT molecular complexity index is 2620. The summed E-state index contributed by atoms with van der Waals surface area (Å²) in [5.41, 5.74) is 15.8. The van der Waals surface area contributed by atoms with Crippen molar-refractivity contribution in [3.8, 4) is 39.3 Å². The standard InChI is InChI=1S/C43H33N5/c1-45-21-22-47(27-45)32-10-7-11-33(26-32)48-39-15-6-5-13-37(39)38-20-18-30(25-41(38)48)43-44-42-36(14-8-16-40(42)46(43)2)29-17-19-35-31(24-29)23-28-9-3-4-12-34(28)35/h3-22,24-26H,23,27H2,1-2H3. The molecule has 2 aromatic heterocycles. The summed E-state index contributed by atoms with van der Waals surface area (Å²) >= 11 is 0. The van der Waals surface area contributed by atoms with Gasteiger partial charge in [-0.3, -0.25) is 0 Å². The van der Waals surface area contributed by atoms with E-state index >= 15 is 0 Å². The minimum absolute atomic E-state index is 0.842. The Morgan fingerprint density at radius 1 is 0.542 bits per heavy atom. The number of imidazole rings is 1. The molecule has 0 bridgehead atoms. The van der Waals surface area contributed by atoms with Crippen molar-refractivity contribution < 1.29 is 0 Å². The van der Waals surface area contributed by atoms with Crippen LogP contribution >= 0.6 is 0 Å². The third-order valence-corrected chi connectivity index (χ3v) is 10.2. The van der Waals surface area contributed by atoms with Crippen LogP contribution in [0.5, 0.6) is 0 Å². The highest BCUT2D eigenvalue weighted by atomic mass is 15.3. The molecule has 1 aliphatic carbocycles. The molecule has 0 amide bonds. The van der Waals surface area contributed by atoms with Crippen LogP contribution < -0.4 is 4.90 Å². The highest BCUT2D eigenvalue weighted by Gasteiger charge is 2.21. The molecule has 1 aliphatic heterocycles. The smallest absolute Gasteiger partial charge is 0.140 e. The number of rotatable bonds is 4. The third-order valence-electron chi connectivity index (χ3n) is 10.2. The molecule has 8 aromatic rings. The van der Waals surface area contributed by atoms with Crippen LogP contribution in [0.1, 0.15) is 11.1 Å². The summed E-state index contributed by atoms with van der Waals surface area (Å²) in [7, 11) is 4.24. The van der Waals surface area contributed by atoms with Crippen LogP contribution in [0.4, 0.5) is 5.69 Å². The Kier molecular flexibility index (Phi) is 5.76. The lowest BCUT2D eigenvalue weighted by Gasteiger charge is -2.19. The number of para-hydroxylation sites is 2. The summed E-state index contributed by atoms with van der Waals surface area (Å²) < 4.78 is 4.64. The first kappa shape index (κ1) is 27.1. The average Bonchev–Trinajstić information content (AvgIpc) is 3.89. The lowest BCUT2D eigenvalue weighted by molar-refractivity contribution is 0.496. The van der Waals surface area contributed by atoms with Gasteiger partial charge in [-0.05, 0) is 70.6 Å². The molecule has 3 heterocycles. The van der Waals surface area contributed by atoms with Crippen molar-refractivity contribution in [1.29, 1.82) is 0 Å². The molecule has 0 fully saturated rings. The van der Waals surface area contributed by atoms with Crippen LogP contribution in [-0.2, 0) is 13.5 Å². The van der Waals surface area contributed by atoms with Gasteiger partial charge >= 0.3 is 0 Å². The number of fused-ring (bicyclic) bond motifs is 7. The minimum Gasteiger partial charge on any atom is -0.361 e. The Morgan fingerprint density at radius 2 is 1.29 bits per heavy atom. The molecule has 0 radical (unpaired) electrons. The average molecular weight is 620 g/mol. The molecule has 10 rings (SSSR count). The maximum Gasteiger partial charge on any atom is 0.140 e. The van der Waals surface area contributed by atoms with Gasteiger partial charge in [0.1, 0.15) is 5.82 Å². The van der Waals surface area contributed by atoms with E-state index in [2.05, 4.69) is 173 Å². The third kappa shape index (κ3) is 4.00. The highest BCUT2D eigenvalue weighted by molar-refractivity contribution is 6.10. The van der Waals surface area contributed by atoms with Crippen molar-refractivity contribution in [3.05, 3.63) is 151 Å². The number of hydrogen-bond donors (Lipinski definition) is 0. The number of anilines is 1. The number of aromatic nitrogens is 3. The second-order valence-corrected chi connectivity index (χ2v) is 13.1. The van der Waals surface area contributed by atoms with E-state index in [4.69, 9.17) is 4.98 Å². The SMILES string of the molecule is CN1C=CN(c2cccc(-n3c4ccccc4c4ccc(-c5nc6c(-c7ccc8c(c7)Cc7ccccc7-8)cccc6n5C)cc43)c2)C1. The van der Waals surface area contributed by atoms with Gasteiger partial charge in [0.2, 0.25) is 0 Å². The van der Waals surface area contributed by atoms with Gasteiger partial charge in [-0.25, -0.2) is 4.98 Å². The zero-order chi connectivity index (χ0) is 31.9. The first-order valence-electron chi connectivity index (χ1n) is 16.6. The Morgan fingerprint density at radius 3 is 2.21 bits per heavy atom. The lowest BCUT2D eigenvalue weighted by atomic mass is 9.98. The van der Waals surface area contributed by atoms with Crippen LogP contribution in [0.3, 0.4) is 0 Å². The van der Waals surface area contributed by atoms with Crippen LogP contribution in [0.15, 0.2) is 140 Å². The molecule has 5 nitrogen and oxygen atoms in total. The van der Waals surface area contributed by atoms with E-state index in [0.717, 1.165) is 41.2 Å². The van der Waals surface area contributed by atoms with E-state index in [1.54, 1.807) is 0 Å². The van der Waals surface area contributed by atoms with Crippen molar-refractivity contribution in [2.45, 2.75) is 6.42 Å². The highest BCUT2D eigenvalue weighted by Crippen LogP contribution is 2.41. The maximum absolute atomic E-state index is 5.36. The number of benzene rings is 6. The van der Waals surface area contributed by atoms with E-state index in [1.807, 2.05) is 0 Å². The van der Waals surface area contributed by atoms with Crippen LogP contribution in [0.25, 0.3) is 72.2 Å². The number of hydrogen-bond acceptors (Lipinski definition) is 3. The Labute approximate surface area is 279 Å². The summed E-state index contributed by atoms with van der Waals surface area (Å²) in [6.45, 7) is 0.842. The fourth-order valence-electron chi connectivity index (χ4n) is 7.91. The zero-order valence-electron chi connectivity index (χ0n) is 26.9. The van der Waals surface area contributed by atoms with E-state index < -0.39 is 0 Å². The van der Waals surface area contributed by atoms with Gasteiger partial charge in [-0.2, -0.15) is 0 Å².